The molecule has 2 atom stereocenters. The number of hydrogen-bond donors (Lipinski definition) is 1. The first kappa shape index (κ1) is 15.4. The van der Waals surface area contributed by atoms with Crippen molar-refractivity contribution >= 4 is 5.69 Å². The van der Waals surface area contributed by atoms with Crippen LogP contribution in [0.3, 0.4) is 0 Å². The minimum absolute atomic E-state index is 0.482. The number of anilines is 1. The average Bonchev–Trinajstić information content (AvgIpc) is 3.33. The normalized spacial score (nSPS) is 23.6. The zero-order valence-electron chi connectivity index (χ0n) is 13.9. The van der Waals surface area contributed by atoms with Crippen LogP contribution >= 0.6 is 0 Å². The van der Waals surface area contributed by atoms with E-state index in [-0.39, 0.29) is 0 Å². The number of ether oxygens (including phenoxy) is 1. The summed E-state index contributed by atoms with van der Waals surface area (Å²) >= 11 is 0. The molecule has 5 heteroatoms. The third-order valence-corrected chi connectivity index (χ3v) is 5.02. The predicted octanol–water partition coefficient (Wildman–Crippen LogP) is 2.60. The number of hydrogen-bond acceptors (Lipinski definition) is 5. The lowest BCUT2D eigenvalue weighted by atomic mass is 10.0. The maximum Gasteiger partial charge on any atom is 0.139 e. The molecule has 0 amide bonds. The van der Waals surface area contributed by atoms with Gasteiger partial charge in [0.1, 0.15) is 12.4 Å². The van der Waals surface area contributed by atoms with E-state index in [0.29, 0.717) is 12.0 Å². The van der Waals surface area contributed by atoms with Gasteiger partial charge in [-0.05, 0) is 37.4 Å². The predicted molar refractivity (Wildman–Crippen MR) is 94.6 cm³/mol. The van der Waals surface area contributed by atoms with Crippen molar-refractivity contribution in [2.75, 3.05) is 31.1 Å². The van der Waals surface area contributed by atoms with Gasteiger partial charge in [0, 0.05) is 43.5 Å². The fourth-order valence-corrected chi connectivity index (χ4v) is 3.64. The quantitative estimate of drug-likeness (QED) is 0.916. The Morgan fingerprint density at radius 2 is 2.21 bits per heavy atom. The Labute approximate surface area is 143 Å². The fourth-order valence-electron chi connectivity index (χ4n) is 3.64. The molecule has 4 rings (SSSR count). The summed E-state index contributed by atoms with van der Waals surface area (Å²) in [6.07, 6.45) is 11.2. The molecular formula is C19H24N4O. The van der Waals surface area contributed by atoms with E-state index in [4.69, 9.17) is 4.74 Å². The second-order valence-corrected chi connectivity index (χ2v) is 6.70. The lowest BCUT2D eigenvalue weighted by Crippen LogP contribution is -2.28. The van der Waals surface area contributed by atoms with Crippen LogP contribution < -0.4 is 15.0 Å². The van der Waals surface area contributed by atoms with E-state index in [9.17, 15) is 0 Å². The smallest absolute Gasteiger partial charge is 0.139 e. The average molecular weight is 324 g/mol. The van der Waals surface area contributed by atoms with Gasteiger partial charge in [-0.3, -0.25) is 9.97 Å². The number of nitrogens with one attached hydrogen (secondary N) is 1. The summed E-state index contributed by atoms with van der Waals surface area (Å²) in [6, 6.07) is 6.79. The van der Waals surface area contributed by atoms with Gasteiger partial charge in [-0.1, -0.05) is 6.07 Å². The first-order valence-corrected chi connectivity index (χ1v) is 8.84. The molecule has 0 radical (unpaired) electrons. The maximum absolute atomic E-state index is 5.94. The lowest BCUT2D eigenvalue weighted by Gasteiger charge is -2.19. The molecule has 2 unspecified atom stereocenters. The molecule has 2 aromatic rings. The summed E-state index contributed by atoms with van der Waals surface area (Å²) in [5, 5.41) is 3.46. The van der Waals surface area contributed by atoms with E-state index in [1.54, 1.807) is 0 Å². The minimum atomic E-state index is 0.482. The van der Waals surface area contributed by atoms with Crippen LogP contribution in [0, 0.1) is 0 Å². The van der Waals surface area contributed by atoms with Crippen molar-refractivity contribution < 1.29 is 4.74 Å². The summed E-state index contributed by atoms with van der Waals surface area (Å²) in [5.74, 6) is 1.41. The van der Waals surface area contributed by atoms with Crippen molar-refractivity contribution in [1.29, 1.82) is 0 Å². The summed E-state index contributed by atoms with van der Waals surface area (Å²) in [4.78, 5) is 11.0. The van der Waals surface area contributed by atoms with E-state index >= 15 is 0 Å². The van der Waals surface area contributed by atoms with Crippen LogP contribution in [-0.4, -0.2) is 42.3 Å². The SMILES string of the molecule is c1cncc(C2CCN(c3cncc(OCC4CCCN4)c3)C2)c1. The number of aromatic nitrogens is 2. The molecular weight excluding hydrogens is 300 g/mol. The zero-order valence-corrected chi connectivity index (χ0v) is 13.9. The van der Waals surface area contributed by atoms with Gasteiger partial charge in [-0.15, -0.1) is 0 Å². The third-order valence-electron chi connectivity index (χ3n) is 5.02. The highest BCUT2D eigenvalue weighted by atomic mass is 16.5. The Morgan fingerprint density at radius 3 is 3.04 bits per heavy atom. The van der Waals surface area contributed by atoms with Crippen LogP contribution in [0.15, 0.2) is 43.0 Å². The monoisotopic (exact) mass is 324 g/mol. The highest BCUT2D eigenvalue weighted by molar-refractivity contribution is 5.49. The van der Waals surface area contributed by atoms with Crippen molar-refractivity contribution in [3.63, 3.8) is 0 Å². The Morgan fingerprint density at radius 1 is 1.21 bits per heavy atom. The van der Waals surface area contributed by atoms with E-state index in [0.717, 1.165) is 44.1 Å². The van der Waals surface area contributed by atoms with Gasteiger partial charge in [0.05, 0.1) is 18.1 Å². The lowest BCUT2D eigenvalue weighted by molar-refractivity contribution is 0.276. The van der Waals surface area contributed by atoms with E-state index < -0.39 is 0 Å². The molecule has 0 spiro atoms. The van der Waals surface area contributed by atoms with Crippen LogP contribution in [0.1, 0.15) is 30.7 Å². The van der Waals surface area contributed by atoms with Crippen molar-refractivity contribution in [1.82, 2.24) is 15.3 Å². The molecule has 2 aliphatic rings. The summed E-state index contributed by atoms with van der Waals surface area (Å²) in [7, 11) is 0. The van der Waals surface area contributed by atoms with Crippen molar-refractivity contribution in [2.24, 2.45) is 0 Å². The first-order valence-electron chi connectivity index (χ1n) is 8.84. The van der Waals surface area contributed by atoms with Gasteiger partial charge in [0.25, 0.3) is 0 Å². The second kappa shape index (κ2) is 7.18. The maximum atomic E-state index is 5.94. The summed E-state index contributed by atoms with van der Waals surface area (Å²) in [5.41, 5.74) is 2.48. The summed E-state index contributed by atoms with van der Waals surface area (Å²) in [6.45, 7) is 3.90. The molecule has 0 bridgehead atoms. The third kappa shape index (κ3) is 3.51. The molecule has 0 saturated carbocycles. The van der Waals surface area contributed by atoms with Gasteiger partial charge >= 0.3 is 0 Å². The molecule has 2 saturated heterocycles. The molecule has 0 aliphatic carbocycles. The zero-order chi connectivity index (χ0) is 16.2. The van der Waals surface area contributed by atoms with Gasteiger partial charge in [-0.2, -0.15) is 0 Å². The van der Waals surface area contributed by atoms with Crippen LogP contribution in [0.2, 0.25) is 0 Å². The van der Waals surface area contributed by atoms with Crippen molar-refractivity contribution in [3.05, 3.63) is 48.5 Å². The Hall–Kier alpha value is -2.14. The molecule has 2 fully saturated rings. The Kier molecular flexibility index (Phi) is 4.60. The Bertz CT molecular complexity index is 657. The molecule has 2 aliphatic heterocycles. The van der Waals surface area contributed by atoms with E-state index in [2.05, 4.69) is 32.3 Å². The standard InChI is InChI=1S/C19H24N4O/c1-3-15(10-20-6-1)16-5-8-23(13-16)18-9-19(12-21-11-18)24-14-17-4-2-7-22-17/h1,3,6,9-12,16-17,22H,2,4-5,7-8,13-14H2. The molecule has 4 heterocycles. The van der Waals surface area contributed by atoms with Crippen LogP contribution in [-0.2, 0) is 0 Å². The van der Waals surface area contributed by atoms with Crippen molar-refractivity contribution in [3.8, 4) is 5.75 Å². The van der Waals surface area contributed by atoms with Gasteiger partial charge in [0.15, 0.2) is 0 Å². The highest BCUT2D eigenvalue weighted by Crippen LogP contribution is 2.31. The fraction of sp³-hybridized carbons (Fsp3) is 0.474. The molecule has 2 aromatic heterocycles. The van der Waals surface area contributed by atoms with Crippen molar-refractivity contribution in [2.45, 2.75) is 31.2 Å². The molecule has 1 N–H and O–H groups in total. The van der Waals surface area contributed by atoms with Gasteiger partial charge < -0.3 is 15.0 Å². The molecule has 0 aromatic carbocycles. The van der Waals surface area contributed by atoms with Crippen LogP contribution in [0.25, 0.3) is 0 Å². The molecule has 24 heavy (non-hydrogen) atoms. The van der Waals surface area contributed by atoms with E-state index in [1.165, 1.54) is 18.4 Å². The van der Waals surface area contributed by atoms with Crippen LogP contribution in [0.4, 0.5) is 5.69 Å². The largest absolute Gasteiger partial charge is 0.490 e. The van der Waals surface area contributed by atoms with Gasteiger partial charge in [-0.25, -0.2) is 0 Å². The van der Waals surface area contributed by atoms with E-state index in [1.807, 2.05) is 30.9 Å². The van der Waals surface area contributed by atoms with Crippen LogP contribution in [0.5, 0.6) is 5.75 Å². The highest BCUT2D eigenvalue weighted by Gasteiger charge is 2.24. The number of rotatable bonds is 5. The molecule has 5 nitrogen and oxygen atoms in total. The number of pyridine rings is 2. The second-order valence-electron chi connectivity index (χ2n) is 6.70. The minimum Gasteiger partial charge on any atom is -0.490 e. The Balaban J connectivity index is 1.38. The summed E-state index contributed by atoms with van der Waals surface area (Å²) < 4.78 is 5.94. The molecule has 126 valence electrons. The topological polar surface area (TPSA) is 50.3 Å². The van der Waals surface area contributed by atoms with Gasteiger partial charge in [0.2, 0.25) is 0 Å². The first-order chi connectivity index (χ1) is 11.9. The number of nitrogens with zero attached hydrogens (tertiary/aromatic N) is 3.